The van der Waals surface area contributed by atoms with Crippen molar-refractivity contribution < 1.29 is 33.5 Å². The molecule has 1 unspecified atom stereocenters. The first-order valence-electron chi connectivity index (χ1n) is 11.4. The van der Waals surface area contributed by atoms with Crippen molar-refractivity contribution in [2.75, 3.05) is 13.2 Å². The molecule has 0 radical (unpaired) electrons. The molecule has 184 valence electrons. The van der Waals surface area contributed by atoms with E-state index in [1.165, 1.54) is 12.1 Å². The van der Waals surface area contributed by atoms with E-state index < -0.39 is 37.1 Å². The first-order valence-corrected chi connectivity index (χ1v) is 11.4. The van der Waals surface area contributed by atoms with Gasteiger partial charge in [0.2, 0.25) is 5.82 Å². The summed E-state index contributed by atoms with van der Waals surface area (Å²) in [5, 5.41) is 24.4. The Bertz CT molecular complexity index is 1190. The number of benzene rings is 2. The minimum Gasteiger partial charge on any atom is -0.481 e. The standard InChI is InChI=1S/C25H26FN3O6/c1-2-21(34-18-8-5-15(6-9-18)22(32)14-3-4-14)25-28-23(29-35-25)16-7-10-19(20(26)11-16)24(33)27-17(12-30)13-31/h5-11,14,17,21,30-31H,2-4,12-13H2,1H3,(H,27,33). The number of hydrogen-bond donors (Lipinski definition) is 3. The largest absolute Gasteiger partial charge is 0.481 e. The third-order valence-corrected chi connectivity index (χ3v) is 5.70. The Balaban J connectivity index is 1.45. The molecule has 4 rings (SSSR count). The van der Waals surface area contributed by atoms with Crippen LogP contribution in [-0.4, -0.2) is 51.3 Å². The number of halogens is 1. The van der Waals surface area contributed by atoms with Crippen LogP contribution >= 0.6 is 0 Å². The fourth-order valence-corrected chi connectivity index (χ4v) is 3.49. The summed E-state index contributed by atoms with van der Waals surface area (Å²) in [7, 11) is 0. The van der Waals surface area contributed by atoms with E-state index in [2.05, 4.69) is 15.5 Å². The molecule has 3 N–H and O–H groups in total. The summed E-state index contributed by atoms with van der Waals surface area (Å²) < 4.78 is 25.9. The van der Waals surface area contributed by atoms with Gasteiger partial charge in [-0.3, -0.25) is 9.59 Å². The molecule has 0 spiro atoms. The van der Waals surface area contributed by atoms with Gasteiger partial charge in [-0.05, 0) is 55.7 Å². The van der Waals surface area contributed by atoms with E-state index in [-0.39, 0.29) is 29.0 Å². The summed E-state index contributed by atoms with van der Waals surface area (Å²) in [6.45, 7) is 0.937. The molecule has 1 atom stereocenters. The van der Waals surface area contributed by atoms with E-state index in [4.69, 9.17) is 19.5 Å². The van der Waals surface area contributed by atoms with Crippen molar-refractivity contribution in [3.05, 3.63) is 65.3 Å². The second kappa shape index (κ2) is 10.7. The number of carbonyl (C=O) groups excluding carboxylic acids is 2. The Morgan fingerprint density at radius 2 is 1.89 bits per heavy atom. The maximum atomic E-state index is 14.6. The lowest BCUT2D eigenvalue weighted by Crippen LogP contribution is -2.40. The number of aromatic nitrogens is 2. The Labute approximate surface area is 200 Å². The van der Waals surface area contributed by atoms with E-state index >= 15 is 0 Å². The second-order valence-electron chi connectivity index (χ2n) is 8.36. The highest BCUT2D eigenvalue weighted by molar-refractivity contribution is 5.99. The maximum absolute atomic E-state index is 14.6. The van der Waals surface area contributed by atoms with Crippen LogP contribution in [0.25, 0.3) is 11.4 Å². The fourth-order valence-electron chi connectivity index (χ4n) is 3.49. The Morgan fingerprint density at radius 3 is 2.49 bits per heavy atom. The number of Topliss-reactive ketones (excluding diaryl/α,β-unsaturated/α-hetero) is 1. The molecule has 0 aliphatic heterocycles. The zero-order valence-corrected chi connectivity index (χ0v) is 19.1. The van der Waals surface area contributed by atoms with Gasteiger partial charge in [0.1, 0.15) is 11.6 Å². The molecule has 35 heavy (non-hydrogen) atoms. The number of aliphatic hydroxyl groups is 2. The number of amides is 1. The van der Waals surface area contributed by atoms with Gasteiger partial charge in [-0.25, -0.2) is 4.39 Å². The molecule has 1 aliphatic rings. The Kier molecular flexibility index (Phi) is 7.52. The molecule has 1 fully saturated rings. The quantitative estimate of drug-likeness (QED) is 0.354. The number of aliphatic hydroxyl groups excluding tert-OH is 2. The van der Waals surface area contributed by atoms with Crippen molar-refractivity contribution in [2.45, 2.75) is 38.3 Å². The van der Waals surface area contributed by atoms with Gasteiger partial charge >= 0.3 is 0 Å². The van der Waals surface area contributed by atoms with Gasteiger partial charge in [-0.2, -0.15) is 4.98 Å². The first kappa shape index (κ1) is 24.5. The van der Waals surface area contributed by atoms with Crippen molar-refractivity contribution in [1.82, 2.24) is 15.5 Å². The number of nitrogens with zero attached hydrogens (tertiary/aromatic N) is 2. The van der Waals surface area contributed by atoms with Crippen molar-refractivity contribution in [2.24, 2.45) is 5.92 Å². The summed E-state index contributed by atoms with van der Waals surface area (Å²) >= 11 is 0. The minimum absolute atomic E-state index is 0.127. The predicted octanol–water partition coefficient (Wildman–Crippen LogP) is 3.08. The van der Waals surface area contributed by atoms with Gasteiger partial charge in [0, 0.05) is 17.0 Å². The van der Waals surface area contributed by atoms with E-state index in [0.717, 1.165) is 18.9 Å². The molecule has 1 amide bonds. The smallest absolute Gasteiger partial charge is 0.268 e. The summed E-state index contributed by atoms with van der Waals surface area (Å²) in [5.74, 6) is -0.394. The van der Waals surface area contributed by atoms with Crippen molar-refractivity contribution in [3.63, 3.8) is 0 Å². The van der Waals surface area contributed by atoms with Crippen molar-refractivity contribution >= 4 is 11.7 Å². The summed E-state index contributed by atoms with van der Waals surface area (Å²) in [6.07, 6.45) is 1.86. The number of ketones is 1. The van der Waals surface area contributed by atoms with E-state index in [1.54, 1.807) is 24.3 Å². The SMILES string of the molecule is CCC(Oc1ccc(C(=O)C2CC2)cc1)c1nc(-c2ccc(C(=O)NC(CO)CO)c(F)c2)no1. The van der Waals surface area contributed by atoms with Gasteiger partial charge in [0.05, 0.1) is 24.8 Å². The maximum Gasteiger partial charge on any atom is 0.268 e. The van der Waals surface area contributed by atoms with Crippen LogP contribution in [0.5, 0.6) is 5.75 Å². The number of rotatable bonds is 11. The topological polar surface area (TPSA) is 135 Å². The zero-order chi connectivity index (χ0) is 24.9. The van der Waals surface area contributed by atoms with Gasteiger partial charge < -0.3 is 24.8 Å². The molecule has 1 saturated carbocycles. The van der Waals surface area contributed by atoms with Crippen LogP contribution in [0.4, 0.5) is 4.39 Å². The number of hydrogen-bond acceptors (Lipinski definition) is 8. The first-order chi connectivity index (χ1) is 16.9. The Morgan fingerprint density at radius 1 is 1.17 bits per heavy atom. The molecule has 9 nitrogen and oxygen atoms in total. The highest BCUT2D eigenvalue weighted by Gasteiger charge is 2.30. The van der Waals surface area contributed by atoms with Crippen LogP contribution in [0, 0.1) is 11.7 Å². The molecule has 1 aromatic heterocycles. The molecule has 3 aromatic rings. The summed E-state index contributed by atoms with van der Waals surface area (Å²) in [5.41, 5.74) is 0.714. The normalized spacial score (nSPS) is 14.1. The lowest BCUT2D eigenvalue weighted by atomic mass is 10.1. The number of nitrogens with one attached hydrogen (secondary N) is 1. The molecule has 10 heteroatoms. The summed E-state index contributed by atoms with van der Waals surface area (Å²) in [4.78, 5) is 28.7. The fraction of sp³-hybridized carbons (Fsp3) is 0.360. The molecular weight excluding hydrogens is 457 g/mol. The van der Waals surface area contributed by atoms with Gasteiger partial charge in [0.15, 0.2) is 11.9 Å². The predicted molar refractivity (Wildman–Crippen MR) is 122 cm³/mol. The van der Waals surface area contributed by atoms with Gasteiger partial charge in [-0.1, -0.05) is 18.1 Å². The zero-order valence-electron chi connectivity index (χ0n) is 19.1. The van der Waals surface area contributed by atoms with Crippen molar-refractivity contribution in [3.8, 4) is 17.1 Å². The Hall–Kier alpha value is -3.63. The van der Waals surface area contributed by atoms with Crippen molar-refractivity contribution in [1.29, 1.82) is 0 Å². The van der Waals surface area contributed by atoms with E-state index in [9.17, 15) is 14.0 Å². The average molecular weight is 483 g/mol. The molecule has 0 bridgehead atoms. The third kappa shape index (κ3) is 5.72. The number of carbonyl (C=O) groups is 2. The van der Waals surface area contributed by atoms with Crippen LogP contribution in [-0.2, 0) is 0 Å². The molecular formula is C25H26FN3O6. The molecule has 1 aliphatic carbocycles. The van der Waals surface area contributed by atoms with Crippen LogP contribution in [0.15, 0.2) is 47.0 Å². The lowest BCUT2D eigenvalue weighted by Gasteiger charge is -2.14. The molecule has 1 heterocycles. The highest BCUT2D eigenvalue weighted by Crippen LogP contribution is 2.33. The minimum atomic E-state index is -0.887. The van der Waals surface area contributed by atoms with E-state index in [0.29, 0.717) is 23.3 Å². The van der Waals surface area contributed by atoms with Crippen LogP contribution < -0.4 is 10.1 Å². The second-order valence-corrected chi connectivity index (χ2v) is 8.36. The van der Waals surface area contributed by atoms with E-state index in [1.807, 2.05) is 6.92 Å². The van der Waals surface area contributed by atoms with Gasteiger partial charge in [0.25, 0.3) is 11.8 Å². The summed E-state index contributed by atoms with van der Waals surface area (Å²) in [6, 6.07) is 9.89. The van der Waals surface area contributed by atoms with Crippen LogP contribution in [0.3, 0.4) is 0 Å². The van der Waals surface area contributed by atoms with Crippen LogP contribution in [0.1, 0.15) is 58.9 Å². The molecule has 0 saturated heterocycles. The van der Waals surface area contributed by atoms with Crippen LogP contribution in [0.2, 0.25) is 0 Å². The number of ether oxygens (including phenoxy) is 1. The monoisotopic (exact) mass is 483 g/mol. The average Bonchev–Trinajstić information content (AvgIpc) is 3.62. The third-order valence-electron chi connectivity index (χ3n) is 5.70. The molecule has 2 aromatic carbocycles. The van der Waals surface area contributed by atoms with Gasteiger partial charge in [-0.15, -0.1) is 0 Å². The highest BCUT2D eigenvalue weighted by atomic mass is 19.1. The lowest BCUT2D eigenvalue weighted by molar-refractivity contribution is 0.0875.